The maximum Gasteiger partial charge on any atom is 0.472 e. The number of ether oxygens (including phenoxy) is 2. The molecule has 464 valence electrons. The van der Waals surface area contributed by atoms with Crippen molar-refractivity contribution in [3.63, 3.8) is 0 Å². The Morgan fingerprint density at radius 2 is 0.679 bits per heavy atom. The number of phosphoric acid groups is 1. The number of nitrogens with two attached hydrogens (primary N) is 1. The van der Waals surface area contributed by atoms with Gasteiger partial charge in [-0.1, -0.05) is 302 Å². The number of carbonyl (C=O) groups is 2. The minimum absolute atomic E-state index is 0.0464. The maximum atomic E-state index is 12.7. The molecular weight excluding hydrogens is 1030 g/mol. The Morgan fingerprint density at radius 1 is 0.383 bits per heavy atom. The zero-order valence-electron chi connectivity index (χ0n) is 52.0. The van der Waals surface area contributed by atoms with Gasteiger partial charge in [-0.05, 0) is 89.9 Å². The molecule has 0 aliphatic heterocycles. The number of hydrogen-bond acceptors (Lipinski definition) is 8. The second kappa shape index (κ2) is 65.6. The van der Waals surface area contributed by atoms with Gasteiger partial charge in [0.05, 0.1) is 13.2 Å². The zero-order valence-corrected chi connectivity index (χ0v) is 52.9. The SMILES string of the molecule is CC/C=C\C/C=C\C/C=C\C/C=C\C/C=C\C/C=C\C/C=C\C/C=C\C/C=C\C/C=C\CCCCCCCCC(=O)OC(COC(=O)CCCCCCCCCCCCCCCCCCCCCCCCC)COP(=O)(O)OCCN. The predicted molar refractivity (Wildman–Crippen MR) is 348 cm³/mol. The maximum absolute atomic E-state index is 12.7. The number of esters is 2. The Balaban J connectivity index is 4.00. The summed E-state index contributed by atoms with van der Waals surface area (Å²) in [6.07, 6.45) is 91.3. The van der Waals surface area contributed by atoms with Gasteiger partial charge in [0.2, 0.25) is 0 Å². The van der Waals surface area contributed by atoms with E-state index in [-0.39, 0.29) is 38.6 Å². The van der Waals surface area contributed by atoms with Crippen LogP contribution in [0.1, 0.15) is 284 Å². The van der Waals surface area contributed by atoms with Crippen LogP contribution in [0, 0.1) is 0 Å². The molecule has 0 aromatic heterocycles. The quantitative estimate of drug-likeness (QED) is 0.0264. The smallest absolute Gasteiger partial charge is 0.462 e. The topological polar surface area (TPSA) is 134 Å². The highest BCUT2D eigenvalue weighted by Crippen LogP contribution is 2.43. The van der Waals surface area contributed by atoms with E-state index in [1.165, 1.54) is 128 Å². The van der Waals surface area contributed by atoms with Crippen molar-refractivity contribution in [3.05, 3.63) is 122 Å². The van der Waals surface area contributed by atoms with Crippen LogP contribution >= 0.6 is 7.82 Å². The molecule has 0 bridgehead atoms. The van der Waals surface area contributed by atoms with Crippen LogP contribution in [0.2, 0.25) is 0 Å². The van der Waals surface area contributed by atoms with Gasteiger partial charge in [-0.2, -0.15) is 0 Å². The van der Waals surface area contributed by atoms with Crippen molar-refractivity contribution in [2.75, 3.05) is 26.4 Å². The lowest BCUT2D eigenvalue weighted by Gasteiger charge is -2.19. The van der Waals surface area contributed by atoms with Crippen LogP contribution in [0.15, 0.2) is 122 Å². The molecule has 0 saturated heterocycles. The molecule has 0 aromatic carbocycles. The molecule has 2 unspecified atom stereocenters. The van der Waals surface area contributed by atoms with E-state index in [1.807, 2.05) is 0 Å². The summed E-state index contributed by atoms with van der Waals surface area (Å²) in [6, 6.07) is 0. The van der Waals surface area contributed by atoms with Crippen LogP contribution in [0.5, 0.6) is 0 Å². The van der Waals surface area contributed by atoms with Crippen LogP contribution in [0.4, 0.5) is 0 Å². The first-order valence-electron chi connectivity index (χ1n) is 33.0. The predicted octanol–water partition coefficient (Wildman–Crippen LogP) is 21.5. The fourth-order valence-electron chi connectivity index (χ4n) is 9.02. The minimum Gasteiger partial charge on any atom is -0.462 e. The Hall–Kier alpha value is -3.59. The van der Waals surface area contributed by atoms with Gasteiger partial charge in [0.25, 0.3) is 0 Å². The molecule has 0 aliphatic rings. The standard InChI is InChI=1S/C71H122NO8P/c1-3-5-7-9-11-13-15-17-19-21-23-25-27-28-29-30-31-32-33-34-35-36-37-38-39-40-42-44-46-48-50-52-54-56-58-60-62-64-71(74)80-69(68-79-81(75,76)78-66-65-72)67-77-70(73)63-61-59-57-55-53-51-49-47-45-43-41-26-24-22-20-18-16-14-12-10-8-6-4-2/h5,7,11,13,17,19,23,25,28-29,31-32,34-35,37-38,40,42,46,48,69H,3-4,6,8-10,12,14-16,18,20-22,24,26-27,30,33,36,39,41,43-45,47,49-68,72H2,1-2H3,(H,75,76)/b7-5-,13-11-,19-17-,25-23-,29-28-,32-31-,35-34-,38-37-,42-40-,48-46-. The summed E-state index contributed by atoms with van der Waals surface area (Å²) in [4.78, 5) is 35.3. The van der Waals surface area contributed by atoms with Gasteiger partial charge in [0.1, 0.15) is 6.61 Å². The fraction of sp³-hybridized carbons (Fsp3) is 0.690. The van der Waals surface area contributed by atoms with Crippen LogP contribution in [0.3, 0.4) is 0 Å². The van der Waals surface area contributed by atoms with Crippen molar-refractivity contribution in [2.24, 2.45) is 5.73 Å². The van der Waals surface area contributed by atoms with E-state index < -0.39 is 26.5 Å². The van der Waals surface area contributed by atoms with Crippen molar-refractivity contribution in [2.45, 2.75) is 290 Å². The molecule has 0 aromatic rings. The molecule has 0 heterocycles. The van der Waals surface area contributed by atoms with Crippen molar-refractivity contribution in [1.29, 1.82) is 0 Å². The van der Waals surface area contributed by atoms with Gasteiger partial charge < -0.3 is 20.1 Å². The minimum atomic E-state index is -4.40. The highest BCUT2D eigenvalue weighted by molar-refractivity contribution is 7.47. The average molecular weight is 1150 g/mol. The van der Waals surface area contributed by atoms with E-state index in [0.717, 1.165) is 122 Å². The molecule has 0 radical (unpaired) electrons. The molecule has 0 fully saturated rings. The zero-order chi connectivity index (χ0) is 58.7. The van der Waals surface area contributed by atoms with Gasteiger partial charge in [-0.25, -0.2) is 4.57 Å². The molecule has 10 heteroatoms. The second-order valence-corrected chi connectivity index (χ2v) is 23.1. The summed E-state index contributed by atoms with van der Waals surface area (Å²) in [6.45, 7) is 3.64. The summed E-state index contributed by atoms with van der Waals surface area (Å²) in [7, 11) is -4.40. The van der Waals surface area contributed by atoms with Gasteiger partial charge in [-0.15, -0.1) is 0 Å². The summed E-state index contributed by atoms with van der Waals surface area (Å²) in [5, 5.41) is 0. The molecule has 0 amide bonds. The van der Waals surface area contributed by atoms with E-state index in [2.05, 4.69) is 135 Å². The number of allylic oxidation sites excluding steroid dienone is 20. The number of unbranched alkanes of at least 4 members (excludes halogenated alkanes) is 28. The van der Waals surface area contributed by atoms with Crippen LogP contribution in [-0.4, -0.2) is 49.3 Å². The summed E-state index contributed by atoms with van der Waals surface area (Å²) < 4.78 is 33.1. The highest BCUT2D eigenvalue weighted by Gasteiger charge is 2.26. The molecule has 0 aliphatic carbocycles. The lowest BCUT2D eigenvalue weighted by molar-refractivity contribution is -0.161. The molecular formula is C71H122NO8P. The first kappa shape index (κ1) is 77.4. The largest absolute Gasteiger partial charge is 0.472 e. The fourth-order valence-corrected chi connectivity index (χ4v) is 9.78. The van der Waals surface area contributed by atoms with E-state index in [0.29, 0.717) is 6.42 Å². The molecule has 81 heavy (non-hydrogen) atoms. The van der Waals surface area contributed by atoms with Gasteiger partial charge in [-0.3, -0.25) is 18.6 Å². The normalized spacial score (nSPS) is 13.8. The number of hydrogen-bond donors (Lipinski definition) is 2. The van der Waals surface area contributed by atoms with Gasteiger partial charge in [0.15, 0.2) is 6.10 Å². The van der Waals surface area contributed by atoms with E-state index >= 15 is 0 Å². The third-order valence-electron chi connectivity index (χ3n) is 13.9. The van der Waals surface area contributed by atoms with Gasteiger partial charge >= 0.3 is 19.8 Å². The first-order valence-corrected chi connectivity index (χ1v) is 34.5. The third-order valence-corrected chi connectivity index (χ3v) is 14.8. The van der Waals surface area contributed by atoms with Crippen molar-refractivity contribution >= 4 is 19.8 Å². The summed E-state index contributed by atoms with van der Waals surface area (Å²) in [5.41, 5.74) is 5.39. The van der Waals surface area contributed by atoms with Crippen molar-refractivity contribution in [1.82, 2.24) is 0 Å². The monoisotopic (exact) mass is 1150 g/mol. The first-order chi connectivity index (χ1) is 39.8. The second-order valence-electron chi connectivity index (χ2n) is 21.6. The number of rotatable bonds is 61. The van der Waals surface area contributed by atoms with E-state index in [1.54, 1.807) is 0 Å². The number of carbonyl (C=O) groups excluding carboxylic acids is 2. The van der Waals surface area contributed by atoms with Crippen LogP contribution in [-0.2, 0) is 32.7 Å². The van der Waals surface area contributed by atoms with E-state index in [9.17, 15) is 19.0 Å². The molecule has 0 rings (SSSR count). The van der Waals surface area contributed by atoms with Crippen molar-refractivity contribution in [3.8, 4) is 0 Å². The molecule has 3 N–H and O–H groups in total. The molecule has 2 atom stereocenters. The van der Waals surface area contributed by atoms with Crippen molar-refractivity contribution < 1.29 is 37.6 Å². The summed E-state index contributed by atoms with van der Waals surface area (Å²) in [5.74, 6) is -0.841. The van der Waals surface area contributed by atoms with E-state index in [4.69, 9.17) is 24.3 Å². The number of phosphoric ester groups is 1. The Bertz CT molecular complexity index is 1740. The molecule has 0 spiro atoms. The van der Waals surface area contributed by atoms with Gasteiger partial charge in [0, 0.05) is 19.4 Å². The average Bonchev–Trinajstić information content (AvgIpc) is 3.46. The lowest BCUT2D eigenvalue weighted by Crippen LogP contribution is -2.29. The summed E-state index contributed by atoms with van der Waals surface area (Å²) >= 11 is 0. The Kier molecular flexibility index (Phi) is 62.7. The van der Waals surface area contributed by atoms with Crippen LogP contribution < -0.4 is 5.73 Å². The molecule has 9 nitrogen and oxygen atoms in total. The highest BCUT2D eigenvalue weighted by atomic mass is 31.2. The van der Waals surface area contributed by atoms with Crippen LogP contribution in [0.25, 0.3) is 0 Å². The third kappa shape index (κ3) is 65.4. The molecule has 0 saturated carbocycles. The Labute approximate surface area is 498 Å². The lowest BCUT2D eigenvalue weighted by atomic mass is 10.0. The Morgan fingerprint density at radius 3 is 1.01 bits per heavy atom.